The van der Waals surface area contributed by atoms with Crippen LogP contribution in [0.15, 0.2) is 66.7 Å². The van der Waals surface area contributed by atoms with Gasteiger partial charge in [0.1, 0.15) is 11.8 Å². The predicted octanol–water partition coefficient (Wildman–Crippen LogP) is 4.49. The summed E-state index contributed by atoms with van der Waals surface area (Å²) < 4.78 is 10.9. The monoisotopic (exact) mass is 501 g/mol. The lowest BCUT2D eigenvalue weighted by Crippen LogP contribution is -2.42. The number of ether oxygens (including phenoxy) is 2. The summed E-state index contributed by atoms with van der Waals surface area (Å²) in [6.45, 7) is 4.92. The molecule has 7 nitrogen and oxygen atoms in total. The molecule has 5 rings (SSSR count). The van der Waals surface area contributed by atoms with Gasteiger partial charge in [0, 0.05) is 18.0 Å². The van der Waals surface area contributed by atoms with E-state index in [4.69, 9.17) is 9.47 Å². The molecule has 2 saturated heterocycles. The molecule has 0 aromatic heterocycles. The van der Waals surface area contributed by atoms with Crippen molar-refractivity contribution in [3.8, 4) is 17.2 Å². The van der Waals surface area contributed by atoms with Crippen LogP contribution in [-0.2, 0) is 11.2 Å². The van der Waals surface area contributed by atoms with Crippen LogP contribution >= 0.6 is 0 Å². The third-order valence-electron chi connectivity index (χ3n) is 7.72. The molecule has 1 amide bonds. The van der Waals surface area contributed by atoms with Gasteiger partial charge in [0.2, 0.25) is 5.91 Å². The number of fused-ring (bicyclic) bond motifs is 1. The van der Waals surface area contributed by atoms with Crippen molar-refractivity contribution in [1.82, 2.24) is 15.8 Å². The molecule has 4 unspecified atom stereocenters. The average Bonchev–Trinajstić information content (AvgIpc) is 3.46. The van der Waals surface area contributed by atoms with E-state index in [9.17, 15) is 9.90 Å². The molecule has 4 atom stereocenters. The van der Waals surface area contributed by atoms with E-state index in [0.717, 1.165) is 16.7 Å². The first kappa shape index (κ1) is 25.1. The molecule has 2 aliphatic rings. The van der Waals surface area contributed by atoms with Gasteiger partial charge >= 0.3 is 0 Å². The number of amides is 1. The van der Waals surface area contributed by atoms with E-state index < -0.39 is 0 Å². The van der Waals surface area contributed by atoms with Gasteiger partial charge in [-0.1, -0.05) is 62.4 Å². The van der Waals surface area contributed by atoms with Gasteiger partial charge in [-0.05, 0) is 47.2 Å². The maximum Gasteiger partial charge on any atom is 0.242 e. The van der Waals surface area contributed by atoms with E-state index in [1.807, 2.05) is 41.3 Å². The Balaban J connectivity index is 1.49. The molecule has 37 heavy (non-hydrogen) atoms. The third kappa shape index (κ3) is 4.65. The van der Waals surface area contributed by atoms with E-state index in [1.165, 1.54) is 5.56 Å². The van der Waals surface area contributed by atoms with Gasteiger partial charge < -0.3 is 19.5 Å². The number of hydrogen-bond donors (Lipinski definition) is 3. The summed E-state index contributed by atoms with van der Waals surface area (Å²) in [7, 11) is 3.25. The van der Waals surface area contributed by atoms with Crippen molar-refractivity contribution in [1.29, 1.82) is 0 Å². The molecular weight excluding hydrogens is 466 g/mol. The lowest BCUT2D eigenvalue weighted by atomic mass is 9.82. The number of hydrogen-bond acceptors (Lipinski definition) is 6. The largest absolute Gasteiger partial charge is 0.508 e. The molecule has 7 heteroatoms. The van der Waals surface area contributed by atoms with E-state index in [0.29, 0.717) is 30.4 Å². The van der Waals surface area contributed by atoms with Crippen molar-refractivity contribution in [3.63, 3.8) is 0 Å². The zero-order valence-corrected chi connectivity index (χ0v) is 21.8. The molecule has 3 aromatic rings. The van der Waals surface area contributed by atoms with E-state index in [2.05, 4.69) is 49.0 Å². The highest BCUT2D eigenvalue weighted by Gasteiger charge is 2.55. The fourth-order valence-corrected chi connectivity index (χ4v) is 5.73. The molecule has 0 saturated carbocycles. The lowest BCUT2D eigenvalue weighted by molar-refractivity contribution is -0.130. The molecule has 0 radical (unpaired) electrons. The minimum atomic E-state index is -0.384. The summed E-state index contributed by atoms with van der Waals surface area (Å²) in [6.07, 6.45) is 0.681. The first-order chi connectivity index (χ1) is 17.9. The van der Waals surface area contributed by atoms with Crippen LogP contribution in [0.4, 0.5) is 0 Å². The second-order valence-electron chi connectivity index (χ2n) is 10.1. The summed E-state index contributed by atoms with van der Waals surface area (Å²) in [4.78, 5) is 15.8. The van der Waals surface area contributed by atoms with Crippen molar-refractivity contribution in [3.05, 3.63) is 89.0 Å². The van der Waals surface area contributed by atoms with Gasteiger partial charge in [0.05, 0.1) is 26.3 Å². The molecular formula is C30H35N3O4. The van der Waals surface area contributed by atoms with Crippen molar-refractivity contribution in [2.45, 2.75) is 44.3 Å². The first-order valence-electron chi connectivity index (χ1n) is 12.8. The molecule has 194 valence electrons. The molecule has 0 aliphatic carbocycles. The quantitative estimate of drug-likeness (QED) is 0.422. The Hall–Kier alpha value is -3.55. The average molecular weight is 502 g/mol. The van der Waals surface area contributed by atoms with Crippen LogP contribution in [0.2, 0.25) is 0 Å². The topological polar surface area (TPSA) is 83.1 Å². The van der Waals surface area contributed by atoms with Gasteiger partial charge in [0.15, 0.2) is 11.5 Å². The molecule has 2 aliphatic heterocycles. The number of methoxy groups -OCH3 is 2. The summed E-state index contributed by atoms with van der Waals surface area (Å²) in [5, 5.41) is 10.6. The number of phenolic OH excluding ortho intramolecular Hbond substituents is 1. The zero-order valence-electron chi connectivity index (χ0n) is 21.8. The number of benzene rings is 3. The number of likely N-dealkylation sites (tertiary alicyclic amines) is 1. The van der Waals surface area contributed by atoms with Gasteiger partial charge in [0.25, 0.3) is 0 Å². The Morgan fingerprint density at radius 3 is 2.30 bits per heavy atom. The van der Waals surface area contributed by atoms with Crippen LogP contribution < -0.4 is 20.3 Å². The van der Waals surface area contributed by atoms with E-state index in [1.54, 1.807) is 20.3 Å². The minimum absolute atomic E-state index is 0.0637. The van der Waals surface area contributed by atoms with Crippen LogP contribution in [0.5, 0.6) is 17.2 Å². The fraction of sp³-hybridized carbons (Fsp3) is 0.367. The van der Waals surface area contributed by atoms with Crippen LogP contribution in [-0.4, -0.2) is 42.7 Å². The van der Waals surface area contributed by atoms with Crippen molar-refractivity contribution < 1.29 is 19.4 Å². The molecule has 2 fully saturated rings. The molecule has 2 heterocycles. The van der Waals surface area contributed by atoms with E-state index >= 15 is 0 Å². The number of aromatic hydroxyl groups is 1. The number of nitrogens with one attached hydrogen (secondary N) is 2. The second-order valence-corrected chi connectivity index (χ2v) is 10.1. The van der Waals surface area contributed by atoms with E-state index in [-0.39, 0.29) is 35.7 Å². The Morgan fingerprint density at radius 1 is 0.919 bits per heavy atom. The fourth-order valence-electron chi connectivity index (χ4n) is 5.73. The van der Waals surface area contributed by atoms with Crippen LogP contribution in [0, 0.1) is 5.92 Å². The predicted molar refractivity (Wildman–Crippen MR) is 143 cm³/mol. The standard InChI is InChI=1S/C30H35N3O4/c1-18(2)20-10-12-21(13-11-20)29-26-27(22-7-5-6-8-23(22)34)31-32-28(26)30(35)33(29)16-15-19-9-14-24(36-3)25(17-19)37-4/h5-14,17-18,26-29,31-32,34H,15-16H2,1-4H3. The summed E-state index contributed by atoms with van der Waals surface area (Å²) >= 11 is 0. The molecule has 3 N–H and O–H groups in total. The Labute approximate surface area is 218 Å². The Kier molecular flexibility index (Phi) is 7.09. The summed E-state index contributed by atoms with van der Waals surface area (Å²) in [6, 6.07) is 21.1. The van der Waals surface area contributed by atoms with Crippen molar-refractivity contribution >= 4 is 5.91 Å². The highest BCUT2D eigenvalue weighted by atomic mass is 16.5. The Morgan fingerprint density at radius 2 is 1.62 bits per heavy atom. The van der Waals surface area contributed by atoms with Crippen LogP contribution in [0.25, 0.3) is 0 Å². The van der Waals surface area contributed by atoms with Gasteiger partial charge in [-0.15, -0.1) is 0 Å². The molecule has 3 aromatic carbocycles. The lowest BCUT2D eigenvalue weighted by Gasteiger charge is -2.32. The number of rotatable bonds is 8. The van der Waals surface area contributed by atoms with Crippen molar-refractivity contribution in [2.75, 3.05) is 20.8 Å². The maximum absolute atomic E-state index is 13.8. The molecule has 0 spiro atoms. The Bertz CT molecular complexity index is 1260. The van der Waals surface area contributed by atoms with Crippen LogP contribution in [0.3, 0.4) is 0 Å². The van der Waals surface area contributed by atoms with Crippen LogP contribution in [0.1, 0.15) is 54.1 Å². The normalized spacial score (nSPS) is 22.9. The van der Waals surface area contributed by atoms with Gasteiger partial charge in [-0.25, -0.2) is 10.9 Å². The smallest absolute Gasteiger partial charge is 0.242 e. The van der Waals surface area contributed by atoms with Gasteiger partial charge in [-0.3, -0.25) is 4.79 Å². The zero-order chi connectivity index (χ0) is 26.1. The van der Waals surface area contributed by atoms with Gasteiger partial charge in [-0.2, -0.15) is 0 Å². The highest BCUT2D eigenvalue weighted by molar-refractivity contribution is 5.86. The highest BCUT2D eigenvalue weighted by Crippen LogP contribution is 2.48. The number of carbonyl (C=O) groups excluding carboxylic acids is 1. The second kappa shape index (κ2) is 10.4. The number of phenols is 1. The van der Waals surface area contributed by atoms with Crippen molar-refractivity contribution in [2.24, 2.45) is 5.92 Å². The number of para-hydroxylation sites is 1. The third-order valence-corrected chi connectivity index (χ3v) is 7.72. The number of carbonyl (C=O) groups is 1. The number of nitrogens with zero attached hydrogens (tertiary/aromatic N) is 1. The minimum Gasteiger partial charge on any atom is -0.508 e. The number of hydrazine groups is 1. The molecule has 0 bridgehead atoms. The summed E-state index contributed by atoms with van der Waals surface area (Å²) in [5.74, 6) is 1.99. The SMILES string of the molecule is COc1ccc(CCN2C(=O)C3NNC(c4ccccc4O)C3C2c2ccc(C(C)C)cc2)cc1OC. The first-order valence-corrected chi connectivity index (χ1v) is 12.8. The summed E-state index contributed by atoms with van der Waals surface area (Å²) in [5.41, 5.74) is 10.8. The maximum atomic E-state index is 13.8.